The van der Waals surface area contributed by atoms with E-state index >= 15 is 0 Å². The fourth-order valence-electron chi connectivity index (χ4n) is 3.14. The van der Waals surface area contributed by atoms with Gasteiger partial charge in [0.15, 0.2) is 17.3 Å². The molecule has 0 bridgehead atoms. The molecule has 4 heteroatoms. The number of ketones is 1. The summed E-state index contributed by atoms with van der Waals surface area (Å²) in [6.07, 6.45) is 0.651. The smallest absolute Gasteiger partial charge is 0.233 e. The largest absolute Gasteiger partial charge is 0.493 e. The van der Waals surface area contributed by atoms with Crippen molar-refractivity contribution >= 4 is 11.4 Å². The highest BCUT2D eigenvalue weighted by Crippen LogP contribution is 2.50. The summed E-state index contributed by atoms with van der Waals surface area (Å²) < 4.78 is 10.8. The molecule has 1 aliphatic rings. The number of Topliss-reactive ketones (excluding diaryl/α,β-unsaturated/α-hetero) is 1. The standard InChI is InChI=1S/C20H25NO3.CH4/c1-19(2,3)18(22)17(21-6)13-11-20(4,5)14-10-16(24-8)15(23-7)9-12(13)14;/h9-10H,11H2,1-5,7-8H3;1H4/b17-13-;. The summed E-state index contributed by atoms with van der Waals surface area (Å²) in [6, 6.07) is 3.85. The van der Waals surface area contributed by atoms with Crippen molar-refractivity contribution in [1.29, 1.82) is 0 Å². The molecule has 0 N–H and O–H groups in total. The zero-order chi connectivity index (χ0) is 18.3. The quantitative estimate of drug-likeness (QED) is 0.554. The van der Waals surface area contributed by atoms with Crippen LogP contribution in [0.4, 0.5) is 0 Å². The van der Waals surface area contributed by atoms with Gasteiger partial charge in [-0.3, -0.25) is 0 Å². The van der Waals surface area contributed by atoms with Crippen molar-refractivity contribution in [3.05, 3.63) is 40.4 Å². The molecule has 1 aliphatic carbocycles. The fourth-order valence-corrected chi connectivity index (χ4v) is 3.14. The summed E-state index contributed by atoms with van der Waals surface area (Å²) in [5, 5.41) is 0. The van der Waals surface area contributed by atoms with Crippen molar-refractivity contribution in [2.75, 3.05) is 14.2 Å². The Bertz CT molecular complexity index is 759. The van der Waals surface area contributed by atoms with E-state index in [2.05, 4.69) is 18.7 Å². The van der Waals surface area contributed by atoms with Gasteiger partial charge >= 0.3 is 0 Å². The number of allylic oxidation sites excluding steroid dienone is 2. The lowest BCUT2D eigenvalue weighted by atomic mass is 9.85. The Morgan fingerprint density at radius 2 is 1.68 bits per heavy atom. The van der Waals surface area contributed by atoms with Gasteiger partial charge in [0.05, 0.1) is 20.8 Å². The number of nitrogens with zero attached hydrogens (tertiary/aromatic N) is 1. The molecule has 0 aliphatic heterocycles. The van der Waals surface area contributed by atoms with E-state index in [-0.39, 0.29) is 24.3 Å². The van der Waals surface area contributed by atoms with Gasteiger partial charge in [-0.2, -0.15) is 0 Å². The van der Waals surface area contributed by atoms with Crippen LogP contribution in [0, 0.1) is 12.0 Å². The highest BCUT2D eigenvalue weighted by Gasteiger charge is 2.39. The summed E-state index contributed by atoms with van der Waals surface area (Å²) >= 11 is 0. The number of methoxy groups -OCH3 is 2. The van der Waals surface area contributed by atoms with Crippen LogP contribution >= 0.6 is 0 Å². The van der Waals surface area contributed by atoms with Gasteiger partial charge < -0.3 is 14.3 Å². The maximum absolute atomic E-state index is 12.8. The van der Waals surface area contributed by atoms with Crippen molar-refractivity contribution in [3.8, 4) is 11.5 Å². The van der Waals surface area contributed by atoms with Crippen LogP contribution in [0.1, 0.15) is 59.6 Å². The molecule has 25 heavy (non-hydrogen) atoms. The van der Waals surface area contributed by atoms with Crippen molar-refractivity contribution < 1.29 is 14.3 Å². The van der Waals surface area contributed by atoms with E-state index in [1.165, 1.54) is 0 Å². The van der Waals surface area contributed by atoms with Crippen molar-refractivity contribution in [2.24, 2.45) is 5.41 Å². The Hall–Kier alpha value is -2.28. The molecule has 2 rings (SSSR count). The van der Waals surface area contributed by atoms with E-state index in [1.807, 2.05) is 32.9 Å². The number of ether oxygens (including phenoxy) is 2. The number of hydrogen-bond acceptors (Lipinski definition) is 3. The number of hydrogen-bond donors (Lipinski definition) is 0. The molecule has 0 amide bonds. The molecule has 0 unspecified atom stereocenters. The van der Waals surface area contributed by atoms with E-state index in [1.54, 1.807) is 14.2 Å². The Kier molecular flexibility index (Phi) is 5.74. The first-order valence-electron chi connectivity index (χ1n) is 7.99. The number of carbonyl (C=O) groups excluding carboxylic acids is 1. The zero-order valence-corrected chi connectivity index (χ0v) is 15.5. The van der Waals surface area contributed by atoms with Crippen LogP contribution in [0.15, 0.2) is 17.8 Å². The molecule has 1 aromatic carbocycles. The lowest BCUT2D eigenvalue weighted by Crippen LogP contribution is -2.21. The second-order valence-corrected chi connectivity index (χ2v) is 7.83. The van der Waals surface area contributed by atoms with Crippen LogP contribution < -0.4 is 9.47 Å². The fraction of sp³-hybridized carbons (Fsp3) is 0.524. The molecule has 136 valence electrons. The van der Waals surface area contributed by atoms with Crippen molar-refractivity contribution in [3.63, 3.8) is 0 Å². The average Bonchev–Trinajstić information content (AvgIpc) is 2.76. The minimum Gasteiger partial charge on any atom is -0.493 e. The van der Waals surface area contributed by atoms with E-state index in [0.29, 0.717) is 17.9 Å². The highest BCUT2D eigenvalue weighted by molar-refractivity contribution is 6.08. The van der Waals surface area contributed by atoms with Gasteiger partial charge in [-0.25, -0.2) is 4.85 Å². The van der Waals surface area contributed by atoms with Gasteiger partial charge in [-0.1, -0.05) is 42.0 Å². The van der Waals surface area contributed by atoms with Gasteiger partial charge in [0.1, 0.15) is 0 Å². The summed E-state index contributed by atoms with van der Waals surface area (Å²) in [5.74, 6) is 1.15. The molecule has 0 aromatic heterocycles. The van der Waals surface area contributed by atoms with E-state index in [4.69, 9.17) is 16.0 Å². The van der Waals surface area contributed by atoms with Crippen LogP contribution in [0.5, 0.6) is 11.5 Å². The van der Waals surface area contributed by atoms with E-state index in [9.17, 15) is 4.79 Å². The molecule has 0 spiro atoms. The van der Waals surface area contributed by atoms with Crippen LogP contribution in [-0.2, 0) is 10.2 Å². The maximum atomic E-state index is 12.8. The third kappa shape index (κ3) is 3.56. The van der Waals surface area contributed by atoms with Crippen molar-refractivity contribution in [2.45, 2.75) is 53.9 Å². The third-order valence-electron chi connectivity index (χ3n) is 4.49. The molecule has 0 atom stereocenters. The maximum Gasteiger partial charge on any atom is 0.233 e. The topological polar surface area (TPSA) is 39.9 Å². The van der Waals surface area contributed by atoms with Crippen LogP contribution in [-0.4, -0.2) is 20.0 Å². The summed E-state index contributed by atoms with van der Waals surface area (Å²) in [5.41, 5.74) is 2.29. The van der Waals surface area contributed by atoms with E-state index < -0.39 is 5.41 Å². The highest BCUT2D eigenvalue weighted by atomic mass is 16.5. The zero-order valence-electron chi connectivity index (χ0n) is 15.5. The second kappa shape index (κ2) is 6.92. The van der Waals surface area contributed by atoms with Crippen molar-refractivity contribution in [1.82, 2.24) is 0 Å². The third-order valence-corrected chi connectivity index (χ3v) is 4.49. The minimum atomic E-state index is -0.587. The molecule has 1 aromatic rings. The predicted octanol–water partition coefficient (Wildman–Crippen LogP) is 5.27. The Labute approximate surface area is 151 Å². The van der Waals surface area contributed by atoms with E-state index in [0.717, 1.165) is 16.7 Å². The molecular formula is C21H29NO3. The molecule has 4 nitrogen and oxygen atoms in total. The Morgan fingerprint density at radius 1 is 1.16 bits per heavy atom. The SMILES string of the molecule is C.[C-]#[N+]/C(C(=O)C(C)(C)C)=C1/CC(C)(C)c2cc(OC)c(OC)cc21. The van der Waals surface area contributed by atoms with Gasteiger partial charge in [0.25, 0.3) is 0 Å². The molecule has 0 fully saturated rings. The first-order valence-corrected chi connectivity index (χ1v) is 7.99. The predicted molar refractivity (Wildman–Crippen MR) is 102 cm³/mol. The van der Waals surface area contributed by atoms with Crippen LogP contribution in [0.25, 0.3) is 10.4 Å². The Morgan fingerprint density at radius 3 is 2.12 bits per heavy atom. The summed E-state index contributed by atoms with van der Waals surface area (Å²) in [4.78, 5) is 16.4. The number of rotatable bonds is 3. The van der Waals surface area contributed by atoms with Gasteiger partial charge in [-0.05, 0) is 40.7 Å². The van der Waals surface area contributed by atoms with Gasteiger partial charge in [0.2, 0.25) is 5.70 Å². The minimum absolute atomic E-state index is 0. The first kappa shape index (κ1) is 20.8. The normalized spacial score (nSPS) is 17.0. The number of benzene rings is 1. The molecule has 0 saturated heterocycles. The molecule has 0 saturated carbocycles. The van der Waals surface area contributed by atoms with Gasteiger partial charge in [0, 0.05) is 5.41 Å². The molecule has 0 radical (unpaired) electrons. The Balaban J connectivity index is 0.00000312. The lowest BCUT2D eigenvalue weighted by Gasteiger charge is -2.20. The van der Waals surface area contributed by atoms with Gasteiger partial charge in [-0.15, -0.1) is 0 Å². The second-order valence-electron chi connectivity index (χ2n) is 7.83. The average molecular weight is 343 g/mol. The number of fused-ring (bicyclic) bond motifs is 1. The number of carbonyl (C=O) groups is 1. The molecule has 0 heterocycles. The van der Waals surface area contributed by atoms with Crippen LogP contribution in [0.3, 0.4) is 0 Å². The monoisotopic (exact) mass is 343 g/mol. The molecular weight excluding hydrogens is 314 g/mol. The lowest BCUT2D eigenvalue weighted by molar-refractivity contribution is -0.122. The first-order chi connectivity index (χ1) is 11.1. The van der Waals surface area contributed by atoms with Crippen LogP contribution in [0.2, 0.25) is 0 Å². The summed E-state index contributed by atoms with van der Waals surface area (Å²) in [6.45, 7) is 17.3. The summed E-state index contributed by atoms with van der Waals surface area (Å²) in [7, 11) is 3.19.